The third-order valence-corrected chi connectivity index (χ3v) is 3.96. The maximum atomic E-state index is 6.07. The van der Waals surface area contributed by atoms with Crippen LogP contribution in [0.4, 0.5) is 0 Å². The van der Waals surface area contributed by atoms with Crippen molar-refractivity contribution in [2.75, 3.05) is 6.67 Å². The van der Waals surface area contributed by atoms with Gasteiger partial charge >= 0.3 is 0 Å². The van der Waals surface area contributed by atoms with Crippen molar-refractivity contribution in [2.45, 2.75) is 45.3 Å². The highest BCUT2D eigenvalue weighted by atomic mass is 28.2. The third-order valence-electron chi connectivity index (χ3n) is 2.23. The van der Waals surface area contributed by atoms with Gasteiger partial charge in [0.15, 0.2) is 9.76 Å². The molecule has 3 nitrogen and oxygen atoms in total. The van der Waals surface area contributed by atoms with Crippen LogP contribution < -0.4 is 5.32 Å². The first-order chi connectivity index (χ1) is 6.81. The number of hydrogen-bond acceptors (Lipinski definition) is 3. The van der Waals surface area contributed by atoms with Gasteiger partial charge in [-0.25, -0.2) is 0 Å². The molecule has 0 fully saturated rings. The molecular formula is C11H22N2OSi. The molecule has 0 unspecified atom stereocenters. The van der Waals surface area contributed by atoms with Gasteiger partial charge < -0.3 is 9.74 Å². The molecule has 0 aliphatic carbocycles. The summed E-state index contributed by atoms with van der Waals surface area (Å²) in [6.07, 6.45) is 3.91. The Hall–Kier alpha value is -0.613. The lowest BCUT2D eigenvalue weighted by atomic mass is 10.00. The molecule has 0 aromatic heterocycles. The monoisotopic (exact) mass is 226 g/mol. The first-order valence-electron chi connectivity index (χ1n) is 5.39. The van der Waals surface area contributed by atoms with Gasteiger partial charge in [0.05, 0.1) is 5.60 Å². The van der Waals surface area contributed by atoms with E-state index in [0.717, 1.165) is 5.57 Å². The predicted molar refractivity (Wildman–Crippen MR) is 68.0 cm³/mol. The fourth-order valence-electron chi connectivity index (χ4n) is 1.20. The Morgan fingerprint density at radius 1 is 1.33 bits per heavy atom. The van der Waals surface area contributed by atoms with Crippen LogP contribution >= 0.6 is 0 Å². The summed E-state index contributed by atoms with van der Waals surface area (Å²) in [5, 5.41) is 3.44. The molecule has 0 atom stereocenters. The lowest BCUT2D eigenvalue weighted by Crippen LogP contribution is -2.34. The van der Waals surface area contributed by atoms with Gasteiger partial charge in [-0.15, -0.1) is 0 Å². The molecule has 0 aromatic carbocycles. The number of rotatable bonds is 3. The second kappa shape index (κ2) is 4.49. The van der Waals surface area contributed by atoms with Crippen LogP contribution in [0.15, 0.2) is 16.8 Å². The zero-order valence-corrected chi connectivity index (χ0v) is 11.8. The Balaban J connectivity index is 2.58. The SMILES string of the molecule is CC(C)(C)[SiH2]OC(C)(C)C1=CNCN=C1. The molecule has 1 rings (SSSR count). The second-order valence-electron chi connectivity index (χ2n) is 5.63. The molecule has 0 spiro atoms. The molecule has 0 saturated carbocycles. The highest BCUT2D eigenvalue weighted by Crippen LogP contribution is 2.26. The van der Waals surface area contributed by atoms with Crippen molar-refractivity contribution in [1.82, 2.24) is 5.32 Å². The van der Waals surface area contributed by atoms with Crippen LogP contribution in [0.1, 0.15) is 34.6 Å². The van der Waals surface area contributed by atoms with Gasteiger partial charge in [0.1, 0.15) is 6.67 Å². The number of hydrogen-bond donors (Lipinski definition) is 1. The van der Waals surface area contributed by atoms with E-state index in [9.17, 15) is 0 Å². The van der Waals surface area contributed by atoms with E-state index in [1.807, 2.05) is 12.4 Å². The van der Waals surface area contributed by atoms with Crippen molar-refractivity contribution >= 4 is 16.0 Å². The van der Waals surface area contributed by atoms with E-state index in [1.54, 1.807) is 0 Å². The van der Waals surface area contributed by atoms with E-state index in [2.05, 4.69) is 44.9 Å². The zero-order valence-electron chi connectivity index (χ0n) is 10.4. The summed E-state index contributed by atoms with van der Waals surface area (Å²) in [6.45, 7) is 11.6. The molecule has 1 heterocycles. The highest BCUT2D eigenvalue weighted by Gasteiger charge is 2.26. The maximum Gasteiger partial charge on any atom is 0.168 e. The summed E-state index contributed by atoms with van der Waals surface area (Å²) < 4.78 is 6.07. The Kier molecular flexibility index (Phi) is 3.73. The molecule has 86 valence electrons. The summed E-state index contributed by atoms with van der Waals surface area (Å²) in [5.41, 5.74) is 0.918. The fourth-order valence-corrected chi connectivity index (χ4v) is 2.16. The van der Waals surface area contributed by atoms with E-state index in [4.69, 9.17) is 4.43 Å². The van der Waals surface area contributed by atoms with Gasteiger partial charge in [0.2, 0.25) is 0 Å². The average Bonchev–Trinajstić information content (AvgIpc) is 2.16. The Morgan fingerprint density at radius 3 is 2.47 bits per heavy atom. The van der Waals surface area contributed by atoms with Crippen LogP contribution in [0.25, 0.3) is 0 Å². The van der Waals surface area contributed by atoms with Crippen molar-refractivity contribution in [3.8, 4) is 0 Å². The molecule has 1 N–H and O–H groups in total. The topological polar surface area (TPSA) is 33.6 Å². The van der Waals surface area contributed by atoms with Crippen LogP contribution in [0.3, 0.4) is 0 Å². The lowest BCUT2D eigenvalue weighted by molar-refractivity contribution is 0.156. The summed E-state index contributed by atoms with van der Waals surface area (Å²) in [5.74, 6) is 0. The minimum Gasteiger partial charge on any atom is -0.414 e. The Labute approximate surface area is 94.9 Å². The summed E-state index contributed by atoms with van der Waals surface area (Å²) in [4.78, 5) is 4.20. The van der Waals surface area contributed by atoms with Crippen molar-refractivity contribution in [3.63, 3.8) is 0 Å². The molecule has 0 aromatic rings. The maximum absolute atomic E-state index is 6.07. The van der Waals surface area contributed by atoms with Gasteiger partial charge in [0.25, 0.3) is 0 Å². The molecule has 1 aliphatic heterocycles. The third kappa shape index (κ3) is 4.18. The lowest BCUT2D eigenvalue weighted by Gasteiger charge is -2.31. The number of nitrogens with one attached hydrogen (secondary N) is 1. The molecule has 0 radical (unpaired) electrons. The average molecular weight is 226 g/mol. The van der Waals surface area contributed by atoms with Crippen LogP contribution in [0.5, 0.6) is 0 Å². The van der Waals surface area contributed by atoms with Crippen molar-refractivity contribution in [1.29, 1.82) is 0 Å². The fraction of sp³-hybridized carbons (Fsp3) is 0.727. The van der Waals surface area contributed by atoms with Crippen molar-refractivity contribution < 1.29 is 4.43 Å². The molecular weight excluding hydrogens is 204 g/mol. The largest absolute Gasteiger partial charge is 0.414 e. The quantitative estimate of drug-likeness (QED) is 0.742. The summed E-state index contributed by atoms with van der Waals surface area (Å²) in [7, 11) is -0.530. The van der Waals surface area contributed by atoms with E-state index < -0.39 is 9.76 Å². The normalized spacial score (nSPS) is 18.1. The highest BCUT2D eigenvalue weighted by molar-refractivity contribution is 6.32. The van der Waals surface area contributed by atoms with Crippen LogP contribution in [-0.4, -0.2) is 28.2 Å². The van der Waals surface area contributed by atoms with Crippen LogP contribution in [0.2, 0.25) is 5.04 Å². The molecule has 4 heteroatoms. The van der Waals surface area contributed by atoms with Gasteiger partial charge in [-0.05, 0) is 18.9 Å². The minimum absolute atomic E-state index is 0.212. The molecule has 0 amide bonds. The Bertz CT molecular complexity index is 277. The van der Waals surface area contributed by atoms with E-state index in [0.29, 0.717) is 11.7 Å². The van der Waals surface area contributed by atoms with Gasteiger partial charge in [-0.2, -0.15) is 0 Å². The molecule has 0 bridgehead atoms. The van der Waals surface area contributed by atoms with E-state index in [1.165, 1.54) is 0 Å². The van der Waals surface area contributed by atoms with Crippen LogP contribution in [0, 0.1) is 0 Å². The number of aliphatic imine (C=N–C) groups is 1. The standard InChI is InChI=1S/C11H22N2OSi/c1-10(2,3)15-14-11(4,5)9-6-12-8-13-7-9/h6-7,12H,8,15H2,1-5H3. The van der Waals surface area contributed by atoms with Gasteiger partial charge in [0, 0.05) is 18.0 Å². The molecule has 1 aliphatic rings. The summed E-state index contributed by atoms with van der Waals surface area (Å²) >= 11 is 0. The predicted octanol–water partition coefficient (Wildman–Crippen LogP) is 1.60. The summed E-state index contributed by atoms with van der Waals surface area (Å²) in [6, 6.07) is 0. The Morgan fingerprint density at radius 2 is 2.00 bits per heavy atom. The first kappa shape index (κ1) is 12.5. The smallest absolute Gasteiger partial charge is 0.168 e. The van der Waals surface area contributed by atoms with Gasteiger partial charge in [-0.3, -0.25) is 4.99 Å². The zero-order chi connectivity index (χ0) is 11.5. The molecule has 15 heavy (non-hydrogen) atoms. The number of nitrogens with zero attached hydrogens (tertiary/aromatic N) is 1. The van der Waals surface area contributed by atoms with Crippen LogP contribution in [-0.2, 0) is 4.43 Å². The van der Waals surface area contributed by atoms with Crippen molar-refractivity contribution in [2.24, 2.45) is 4.99 Å². The van der Waals surface area contributed by atoms with E-state index in [-0.39, 0.29) is 5.60 Å². The minimum atomic E-state index is -0.530. The molecule has 0 saturated heterocycles. The van der Waals surface area contributed by atoms with Gasteiger partial charge in [-0.1, -0.05) is 20.8 Å². The first-order valence-corrected chi connectivity index (χ1v) is 6.67. The van der Waals surface area contributed by atoms with Crippen molar-refractivity contribution in [3.05, 3.63) is 11.8 Å². The second-order valence-corrected chi connectivity index (χ2v) is 8.33. The van der Waals surface area contributed by atoms with E-state index >= 15 is 0 Å².